The van der Waals surface area contributed by atoms with Crippen LogP contribution >= 0.6 is 11.3 Å². The highest BCUT2D eigenvalue weighted by atomic mass is 32.1. The van der Waals surface area contributed by atoms with Gasteiger partial charge < -0.3 is 5.32 Å². The molecule has 0 fully saturated rings. The van der Waals surface area contributed by atoms with E-state index in [1.165, 1.54) is 28.3 Å². The van der Waals surface area contributed by atoms with E-state index >= 15 is 0 Å². The van der Waals surface area contributed by atoms with Crippen LogP contribution in [0.3, 0.4) is 0 Å². The third-order valence-electron chi connectivity index (χ3n) is 2.67. The first-order valence-corrected chi connectivity index (χ1v) is 6.58. The molecular weight excluding hydrogens is 249 g/mol. The number of amides is 1. The number of anilines is 1. The number of nitrogens with one attached hydrogen (secondary N) is 1. The van der Waals surface area contributed by atoms with Crippen molar-refractivity contribution < 1.29 is 9.18 Å². The van der Waals surface area contributed by atoms with Crippen molar-refractivity contribution in [1.29, 1.82) is 0 Å². The third-order valence-corrected chi connectivity index (χ3v) is 3.90. The maximum Gasteiger partial charge on any atom is 0.265 e. The molecule has 0 spiro atoms. The highest BCUT2D eigenvalue weighted by Gasteiger charge is 2.10. The summed E-state index contributed by atoms with van der Waals surface area (Å²) >= 11 is 1.48. The lowest BCUT2D eigenvalue weighted by molar-refractivity contribution is 0.103. The summed E-state index contributed by atoms with van der Waals surface area (Å²) in [5.74, 6) is -0.440. The topological polar surface area (TPSA) is 29.1 Å². The Bertz CT molecular complexity index is 577. The molecule has 0 saturated carbocycles. The van der Waals surface area contributed by atoms with Gasteiger partial charge in [-0.3, -0.25) is 4.79 Å². The number of benzene rings is 1. The fraction of sp³-hybridized carbons (Fsp3) is 0.214. The van der Waals surface area contributed by atoms with Gasteiger partial charge >= 0.3 is 0 Å². The molecule has 2 nitrogen and oxygen atoms in total. The summed E-state index contributed by atoms with van der Waals surface area (Å²) in [6, 6.07) is 8.10. The lowest BCUT2D eigenvalue weighted by Crippen LogP contribution is -2.11. The molecule has 0 aliphatic rings. The van der Waals surface area contributed by atoms with Crippen molar-refractivity contribution in [2.75, 3.05) is 5.32 Å². The van der Waals surface area contributed by atoms with Crippen molar-refractivity contribution >= 4 is 22.9 Å². The van der Waals surface area contributed by atoms with E-state index in [4.69, 9.17) is 0 Å². The second-order valence-electron chi connectivity index (χ2n) is 4.03. The minimum atomic E-state index is -0.296. The predicted octanol–water partition coefficient (Wildman–Crippen LogP) is 4.01. The van der Waals surface area contributed by atoms with Gasteiger partial charge in [0.15, 0.2) is 0 Å². The highest BCUT2D eigenvalue weighted by molar-refractivity contribution is 7.14. The molecule has 2 rings (SSSR count). The molecule has 0 radical (unpaired) electrons. The molecule has 0 unspecified atom stereocenters. The maximum absolute atomic E-state index is 12.9. The number of carbonyl (C=O) groups is 1. The molecule has 1 amide bonds. The molecule has 4 heteroatoms. The minimum Gasteiger partial charge on any atom is -0.321 e. The fourth-order valence-corrected chi connectivity index (χ4v) is 2.48. The molecule has 0 aliphatic carbocycles. The third kappa shape index (κ3) is 2.76. The molecule has 0 bridgehead atoms. The Labute approximate surface area is 109 Å². The van der Waals surface area contributed by atoms with E-state index < -0.39 is 0 Å². The van der Waals surface area contributed by atoms with Crippen LogP contribution in [0.1, 0.15) is 27.0 Å². The molecule has 18 heavy (non-hydrogen) atoms. The van der Waals surface area contributed by atoms with Crippen molar-refractivity contribution in [1.82, 2.24) is 0 Å². The maximum atomic E-state index is 12.9. The smallest absolute Gasteiger partial charge is 0.265 e. The zero-order valence-corrected chi connectivity index (χ0v) is 11.1. The fourth-order valence-electron chi connectivity index (χ4n) is 1.64. The summed E-state index contributed by atoms with van der Waals surface area (Å²) in [6.45, 7) is 3.82. The van der Waals surface area contributed by atoms with Crippen LogP contribution in [0.15, 0.2) is 30.3 Å². The number of hydrogen-bond donors (Lipinski definition) is 1. The molecule has 1 aromatic heterocycles. The Balaban J connectivity index is 2.16. The lowest BCUT2D eigenvalue weighted by atomic mass is 10.2. The van der Waals surface area contributed by atoms with Crippen LogP contribution in [0.25, 0.3) is 0 Å². The normalized spacial score (nSPS) is 10.4. The quantitative estimate of drug-likeness (QED) is 0.890. The van der Waals surface area contributed by atoms with Crippen LogP contribution in [-0.4, -0.2) is 5.91 Å². The van der Waals surface area contributed by atoms with E-state index in [9.17, 15) is 9.18 Å². The molecule has 2 aromatic rings. The summed E-state index contributed by atoms with van der Waals surface area (Å²) in [7, 11) is 0. The lowest BCUT2D eigenvalue weighted by Gasteiger charge is -2.07. The molecule has 0 saturated heterocycles. The van der Waals surface area contributed by atoms with Crippen molar-refractivity contribution in [3.05, 3.63) is 51.5 Å². The number of thiophene rings is 1. The first kappa shape index (κ1) is 12.8. The van der Waals surface area contributed by atoms with Gasteiger partial charge in [-0.25, -0.2) is 4.39 Å². The van der Waals surface area contributed by atoms with E-state index in [0.29, 0.717) is 10.6 Å². The van der Waals surface area contributed by atoms with E-state index in [2.05, 4.69) is 12.2 Å². The van der Waals surface area contributed by atoms with Gasteiger partial charge in [0.1, 0.15) is 5.82 Å². The van der Waals surface area contributed by atoms with Gasteiger partial charge in [0, 0.05) is 10.6 Å². The van der Waals surface area contributed by atoms with Gasteiger partial charge in [-0.05, 0) is 49.2 Å². The number of rotatable bonds is 3. The van der Waals surface area contributed by atoms with Gasteiger partial charge in [-0.1, -0.05) is 6.92 Å². The summed E-state index contributed by atoms with van der Waals surface area (Å²) in [6.07, 6.45) is 0.924. The van der Waals surface area contributed by atoms with Crippen molar-refractivity contribution in [2.24, 2.45) is 0 Å². The molecule has 1 N–H and O–H groups in total. The van der Waals surface area contributed by atoms with Crippen LogP contribution in [0.4, 0.5) is 10.1 Å². The summed E-state index contributed by atoms with van der Waals surface area (Å²) in [4.78, 5) is 13.8. The Morgan fingerprint density at radius 1 is 1.33 bits per heavy atom. The summed E-state index contributed by atoms with van der Waals surface area (Å²) in [5, 5.41) is 2.80. The van der Waals surface area contributed by atoms with Crippen LogP contribution in [0, 0.1) is 12.7 Å². The first-order chi connectivity index (χ1) is 8.60. The molecule has 1 aromatic carbocycles. The Hall–Kier alpha value is -1.68. The summed E-state index contributed by atoms with van der Waals surface area (Å²) in [5.41, 5.74) is 1.36. The number of hydrogen-bond acceptors (Lipinski definition) is 2. The SMILES string of the molecule is CCc1ccc(C(=O)Nc2ccc(F)cc2C)s1. The van der Waals surface area contributed by atoms with Gasteiger partial charge in [0.2, 0.25) is 0 Å². The van der Waals surface area contributed by atoms with Crippen molar-refractivity contribution in [2.45, 2.75) is 20.3 Å². The van der Waals surface area contributed by atoms with E-state index in [1.54, 1.807) is 13.0 Å². The van der Waals surface area contributed by atoms with E-state index in [1.807, 2.05) is 12.1 Å². The zero-order valence-electron chi connectivity index (χ0n) is 10.3. The molecule has 1 heterocycles. The summed E-state index contributed by atoms with van der Waals surface area (Å²) < 4.78 is 12.9. The number of halogens is 1. The van der Waals surface area contributed by atoms with Gasteiger partial charge in [0.25, 0.3) is 5.91 Å². The number of carbonyl (C=O) groups excluding carboxylic acids is 1. The second kappa shape index (κ2) is 5.31. The van der Waals surface area contributed by atoms with Crippen molar-refractivity contribution in [3.8, 4) is 0 Å². The average Bonchev–Trinajstić information content (AvgIpc) is 2.81. The minimum absolute atomic E-state index is 0.144. The highest BCUT2D eigenvalue weighted by Crippen LogP contribution is 2.20. The van der Waals surface area contributed by atoms with Crippen LogP contribution in [0.5, 0.6) is 0 Å². The first-order valence-electron chi connectivity index (χ1n) is 5.76. The molecular formula is C14H14FNOS. The zero-order chi connectivity index (χ0) is 13.1. The van der Waals surface area contributed by atoms with Gasteiger partial charge in [-0.15, -0.1) is 11.3 Å². The van der Waals surface area contributed by atoms with E-state index in [-0.39, 0.29) is 11.7 Å². The largest absolute Gasteiger partial charge is 0.321 e. The predicted molar refractivity (Wildman–Crippen MR) is 72.8 cm³/mol. The average molecular weight is 263 g/mol. The van der Waals surface area contributed by atoms with Crippen LogP contribution in [0.2, 0.25) is 0 Å². The standard InChI is InChI=1S/C14H14FNOS/c1-3-11-5-7-13(18-11)14(17)16-12-6-4-10(15)8-9(12)2/h4-8H,3H2,1-2H3,(H,16,17). The second-order valence-corrected chi connectivity index (χ2v) is 5.20. The van der Waals surface area contributed by atoms with Gasteiger partial charge in [-0.2, -0.15) is 0 Å². The molecule has 0 aliphatic heterocycles. The molecule has 0 atom stereocenters. The Kier molecular flexibility index (Phi) is 3.77. The Morgan fingerprint density at radius 3 is 2.72 bits per heavy atom. The van der Waals surface area contributed by atoms with Crippen molar-refractivity contribution in [3.63, 3.8) is 0 Å². The Morgan fingerprint density at radius 2 is 2.11 bits per heavy atom. The van der Waals surface area contributed by atoms with Gasteiger partial charge in [0.05, 0.1) is 4.88 Å². The number of aryl methyl sites for hydroxylation is 2. The van der Waals surface area contributed by atoms with E-state index in [0.717, 1.165) is 12.0 Å². The monoisotopic (exact) mass is 263 g/mol. The van der Waals surface area contributed by atoms with Crippen LogP contribution in [-0.2, 0) is 6.42 Å². The molecule has 94 valence electrons. The van der Waals surface area contributed by atoms with Crippen LogP contribution < -0.4 is 5.32 Å².